The number of rotatable bonds is 9. The van der Waals surface area contributed by atoms with Gasteiger partial charge in [0.15, 0.2) is 11.6 Å². The Balaban J connectivity index is 1.13. The number of carbonyl (C=O) groups excluding carboxylic acids is 2. The first-order chi connectivity index (χ1) is 18.9. The number of ketones is 2. The van der Waals surface area contributed by atoms with Crippen LogP contribution in [0.2, 0.25) is 0 Å². The van der Waals surface area contributed by atoms with Crippen LogP contribution >= 0.6 is 0 Å². The molecule has 1 aliphatic heterocycles. The first-order valence-corrected chi connectivity index (χ1v) is 13.8. The number of benzene rings is 3. The van der Waals surface area contributed by atoms with Gasteiger partial charge in [0.25, 0.3) is 0 Å². The molecule has 0 spiro atoms. The third-order valence-electron chi connectivity index (χ3n) is 7.92. The van der Waals surface area contributed by atoms with Crippen LogP contribution < -0.4 is 10.2 Å². The lowest BCUT2D eigenvalue weighted by atomic mass is 9.98. The van der Waals surface area contributed by atoms with Crippen LogP contribution in [0.1, 0.15) is 57.4 Å². The van der Waals surface area contributed by atoms with Crippen molar-refractivity contribution in [2.75, 3.05) is 23.3 Å². The Morgan fingerprint density at radius 2 is 1.28 bits per heavy atom. The van der Waals surface area contributed by atoms with E-state index in [-0.39, 0.29) is 11.6 Å². The predicted molar refractivity (Wildman–Crippen MR) is 159 cm³/mol. The van der Waals surface area contributed by atoms with Crippen LogP contribution in [0.15, 0.2) is 84.9 Å². The number of nitrogens with zero attached hydrogens (tertiary/aromatic N) is 2. The summed E-state index contributed by atoms with van der Waals surface area (Å²) in [7, 11) is 1.92. The number of aryl methyl sites for hydroxylation is 1. The van der Waals surface area contributed by atoms with Gasteiger partial charge in [-0.15, -0.1) is 0 Å². The van der Waals surface area contributed by atoms with Gasteiger partial charge in [0, 0.05) is 61.3 Å². The van der Waals surface area contributed by atoms with Crippen LogP contribution in [0.3, 0.4) is 0 Å². The van der Waals surface area contributed by atoms with E-state index in [9.17, 15) is 9.59 Å². The van der Waals surface area contributed by atoms with Gasteiger partial charge in [-0.2, -0.15) is 0 Å². The normalized spacial score (nSPS) is 13.9. The molecule has 4 aromatic rings. The molecular weight excluding hydrogens is 482 g/mol. The Labute approximate surface area is 231 Å². The minimum Gasteiger partial charge on any atom is -0.372 e. The van der Waals surface area contributed by atoms with Crippen molar-refractivity contribution in [3.63, 3.8) is 0 Å². The molecule has 5 heteroatoms. The van der Waals surface area contributed by atoms with Crippen molar-refractivity contribution >= 4 is 28.6 Å². The molecule has 0 saturated carbocycles. The van der Waals surface area contributed by atoms with E-state index in [1.165, 1.54) is 18.5 Å². The fourth-order valence-corrected chi connectivity index (χ4v) is 5.16. The molecule has 1 fully saturated rings. The third-order valence-corrected chi connectivity index (χ3v) is 7.92. The molecule has 1 aliphatic rings. The Hall–Kier alpha value is -4.12. The highest BCUT2D eigenvalue weighted by Crippen LogP contribution is 2.24. The van der Waals surface area contributed by atoms with Crippen molar-refractivity contribution < 1.29 is 9.59 Å². The van der Waals surface area contributed by atoms with Gasteiger partial charge in [-0.25, -0.2) is 0 Å². The van der Waals surface area contributed by atoms with Gasteiger partial charge in [-0.05, 0) is 97.5 Å². The Morgan fingerprint density at radius 1 is 0.744 bits per heavy atom. The summed E-state index contributed by atoms with van der Waals surface area (Å²) in [6.45, 7) is 6.49. The molecule has 1 aromatic heterocycles. The highest BCUT2D eigenvalue weighted by Gasteiger charge is 2.17. The van der Waals surface area contributed by atoms with E-state index in [0.717, 1.165) is 58.5 Å². The molecule has 200 valence electrons. The molecule has 2 heterocycles. The van der Waals surface area contributed by atoms with Crippen LogP contribution in [0, 0.1) is 12.8 Å². The van der Waals surface area contributed by atoms with Crippen LogP contribution in [-0.4, -0.2) is 29.2 Å². The average molecular weight is 520 g/mol. The second kappa shape index (κ2) is 11.7. The van der Waals surface area contributed by atoms with Crippen molar-refractivity contribution in [2.24, 2.45) is 13.0 Å². The molecule has 0 amide bonds. The largest absolute Gasteiger partial charge is 0.372 e. The fourth-order valence-electron chi connectivity index (χ4n) is 5.16. The maximum atomic E-state index is 12.9. The monoisotopic (exact) mass is 519 g/mol. The Kier molecular flexibility index (Phi) is 7.97. The van der Waals surface area contributed by atoms with Crippen LogP contribution in [0.25, 0.3) is 0 Å². The molecule has 1 N–H and O–H groups in total. The molecule has 1 saturated heterocycles. The second-order valence-electron chi connectivity index (χ2n) is 10.9. The highest BCUT2D eigenvalue weighted by atomic mass is 16.1. The van der Waals surface area contributed by atoms with E-state index in [1.54, 1.807) is 0 Å². The molecule has 5 nitrogen and oxygen atoms in total. The molecule has 0 atom stereocenters. The summed E-state index contributed by atoms with van der Waals surface area (Å²) in [5, 5.41) is 3.40. The molecule has 39 heavy (non-hydrogen) atoms. The van der Waals surface area contributed by atoms with Crippen LogP contribution in [0.5, 0.6) is 0 Å². The lowest BCUT2D eigenvalue weighted by molar-refractivity contribution is 0.0980. The van der Waals surface area contributed by atoms with Gasteiger partial charge in [0.05, 0.1) is 5.69 Å². The fraction of sp³-hybridized carbons (Fsp3) is 0.294. The van der Waals surface area contributed by atoms with Crippen LogP contribution in [-0.2, 0) is 19.9 Å². The number of Topliss-reactive ketones (excluding diaryl/α,β-unsaturated/α-hetero) is 2. The summed E-state index contributed by atoms with van der Waals surface area (Å²) in [5.74, 6) is 1.05. The van der Waals surface area contributed by atoms with Crippen molar-refractivity contribution in [1.29, 1.82) is 0 Å². The van der Waals surface area contributed by atoms with Crippen molar-refractivity contribution in [1.82, 2.24) is 4.57 Å². The van der Waals surface area contributed by atoms with Crippen molar-refractivity contribution in [3.05, 3.63) is 113 Å². The second-order valence-corrected chi connectivity index (χ2v) is 10.9. The summed E-state index contributed by atoms with van der Waals surface area (Å²) in [6, 6.07) is 27.9. The number of hydrogen-bond donors (Lipinski definition) is 1. The highest BCUT2D eigenvalue weighted by molar-refractivity contribution is 5.98. The molecular formula is C34H37N3O2. The molecule has 0 aliphatic carbocycles. The molecule has 5 rings (SSSR count). The molecule has 3 aromatic carbocycles. The van der Waals surface area contributed by atoms with Crippen molar-refractivity contribution in [2.45, 2.75) is 39.5 Å². The zero-order valence-electron chi connectivity index (χ0n) is 23.1. The topological polar surface area (TPSA) is 54.3 Å². The van der Waals surface area contributed by atoms with Gasteiger partial charge >= 0.3 is 0 Å². The van der Waals surface area contributed by atoms with E-state index in [2.05, 4.69) is 29.3 Å². The first kappa shape index (κ1) is 26.5. The van der Waals surface area contributed by atoms with Gasteiger partial charge in [0.1, 0.15) is 0 Å². The number of carbonyl (C=O) groups is 2. The standard InChI is InChI=1S/C34H37N3O2/c1-24-18-20-37(21-19-24)31-15-9-28(10-16-31)33(38)22-26-5-11-29(12-6-26)35-30-13-7-27(8-14-30)23-34(39)32-17-4-25(2)36(32)3/h4-17,24,35H,18-23H2,1-3H3. The summed E-state index contributed by atoms with van der Waals surface area (Å²) in [4.78, 5) is 28.0. The Morgan fingerprint density at radius 3 is 1.79 bits per heavy atom. The van der Waals surface area contributed by atoms with Gasteiger partial charge in [-0.1, -0.05) is 31.2 Å². The number of aromatic nitrogens is 1. The SMILES string of the molecule is Cc1ccc(C(=O)Cc2ccc(Nc3ccc(CC(=O)c4ccc(N5CCC(C)CC5)cc4)cc3)cc2)n1C. The minimum absolute atomic E-state index is 0.115. The molecule has 0 radical (unpaired) electrons. The maximum Gasteiger partial charge on any atom is 0.183 e. The summed E-state index contributed by atoms with van der Waals surface area (Å²) in [5.41, 5.74) is 7.65. The van der Waals surface area contributed by atoms with E-state index in [4.69, 9.17) is 0 Å². The van der Waals surface area contributed by atoms with Gasteiger partial charge in [0.2, 0.25) is 0 Å². The third kappa shape index (κ3) is 6.48. The number of nitrogens with one attached hydrogen (secondary N) is 1. The maximum absolute atomic E-state index is 12.9. The smallest absolute Gasteiger partial charge is 0.183 e. The predicted octanol–water partition coefficient (Wildman–Crippen LogP) is 7.16. The lowest BCUT2D eigenvalue weighted by Crippen LogP contribution is -2.32. The number of hydrogen-bond acceptors (Lipinski definition) is 4. The Bertz CT molecular complexity index is 1430. The van der Waals surface area contributed by atoms with E-state index < -0.39 is 0 Å². The summed E-state index contributed by atoms with van der Waals surface area (Å²) in [6.07, 6.45) is 3.21. The lowest BCUT2D eigenvalue weighted by Gasteiger charge is -2.32. The summed E-state index contributed by atoms with van der Waals surface area (Å²) >= 11 is 0. The first-order valence-electron chi connectivity index (χ1n) is 13.8. The number of piperidine rings is 1. The number of anilines is 3. The van der Waals surface area contributed by atoms with E-state index >= 15 is 0 Å². The van der Waals surface area contributed by atoms with E-state index in [1.807, 2.05) is 91.3 Å². The average Bonchev–Trinajstić information content (AvgIpc) is 3.29. The minimum atomic E-state index is 0.115. The van der Waals surface area contributed by atoms with Gasteiger partial charge < -0.3 is 14.8 Å². The summed E-state index contributed by atoms with van der Waals surface area (Å²) < 4.78 is 1.93. The molecule has 0 unspecified atom stereocenters. The zero-order valence-corrected chi connectivity index (χ0v) is 23.1. The van der Waals surface area contributed by atoms with Crippen molar-refractivity contribution in [3.8, 4) is 0 Å². The van der Waals surface area contributed by atoms with E-state index in [0.29, 0.717) is 12.8 Å². The zero-order chi connectivity index (χ0) is 27.4. The van der Waals surface area contributed by atoms with Crippen LogP contribution in [0.4, 0.5) is 17.1 Å². The van der Waals surface area contributed by atoms with Gasteiger partial charge in [-0.3, -0.25) is 9.59 Å². The quantitative estimate of drug-likeness (QED) is 0.238. The molecule has 0 bridgehead atoms.